The van der Waals surface area contributed by atoms with Gasteiger partial charge >= 0.3 is 0 Å². The van der Waals surface area contributed by atoms with Gasteiger partial charge in [0, 0.05) is 48.1 Å². The standard InChI is InChI=1S/C28H32N2O5S/c1-20-12-22(26-4-2-3-5-27(26)29-20)16-35-24-8-10-25(11-9-24)36(33,34)19-28(13-23(32)15-31)17-30(18-28)14-21-6-7-21/h2-5,8-12,21,31H,6-7,13-19H2,1H3. The average molecular weight is 509 g/mol. The van der Waals surface area contributed by atoms with Gasteiger partial charge in [-0.25, -0.2) is 8.42 Å². The summed E-state index contributed by atoms with van der Waals surface area (Å²) < 4.78 is 32.6. The zero-order valence-electron chi connectivity index (χ0n) is 20.5. The van der Waals surface area contributed by atoms with Gasteiger partial charge in [-0.15, -0.1) is 0 Å². The Balaban J connectivity index is 1.26. The first kappa shape index (κ1) is 24.9. The number of carbonyl (C=O) groups is 1. The Bertz CT molecular complexity index is 1360. The molecule has 36 heavy (non-hydrogen) atoms. The minimum Gasteiger partial charge on any atom is -0.489 e. The van der Waals surface area contributed by atoms with Crippen LogP contribution in [-0.2, 0) is 21.2 Å². The van der Waals surface area contributed by atoms with E-state index in [-0.39, 0.29) is 22.9 Å². The SMILES string of the molecule is Cc1cc(COc2ccc(S(=O)(=O)CC3(CC(=O)CO)CN(CC4CC4)C3)cc2)c2ccccc2n1. The first-order valence-corrected chi connectivity index (χ1v) is 14.1. The lowest BCUT2D eigenvalue weighted by Crippen LogP contribution is -2.60. The van der Waals surface area contributed by atoms with Crippen LogP contribution in [0.2, 0.25) is 0 Å². The van der Waals surface area contributed by atoms with E-state index >= 15 is 0 Å². The monoisotopic (exact) mass is 508 g/mol. The number of carbonyl (C=O) groups excluding carboxylic acids is 1. The highest BCUT2D eigenvalue weighted by Gasteiger charge is 2.48. The number of fused-ring (bicyclic) bond motifs is 1. The quantitative estimate of drug-likeness (QED) is 0.423. The third kappa shape index (κ3) is 5.61. The van der Waals surface area contributed by atoms with E-state index in [0.29, 0.717) is 31.4 Å². The van der Waals surface area contributed by atoms with Crippen LogP contribution in [0.1, 0.15) is 30.5 Å². The van der Waals surface area contributed by atoms with Gasteiger partial charge in [-0.1, -0.05) is 18.2 Å². The number of aryl methyl sites for hydroxylation is 1. The molecule has 0 spiro atoms. The molecule has 1 aliphatic heterocycles. The minimum atomic E-state index is -3.61. The largest absolute Gasteiger partial charge is 0.489 e. The summed E-state index contributed by atoms with van der Waals surface area (Å²) in [5.74, 6) is 0.876. The Hall–Kier alpha value is -2.81. The molecule has 0 radical (unpaired) electrons. The molecule has 5 rings (SSSR count). The van der Waals surface area contributed by atoms with Gasteiger partial charge in [0.15, 0.2) is 15.6 Å². The Morgan fingerprint density at radius 1 is 1.14 bits per heavy atom. The van der Waals surface area contributed by atoms with E-state index < -0.39 is 21.9 Å². The fourth-order valence-corrected chi connectivity index (χ4v) is 7.14. The summed E-state index contributed by atoms with van der Waals surface area (Å²) in [4.78, 5) is 19.0. The van der Waals surface area contributed by atoms with Crippen molar-refractivity contribution in [3.05, 3.63) is 65.9 Å². The maximum absolute atomic E-state index is 13.3. The van der Waals surface area contributed by atoms with E-state index in [9.17, 15) is 18.3 Å². The predicted molar refractivity (Wildman–Crippen MR) is 138 cm³/mol. The molecule has 7 nitrogen and oxygen atoms in total. The molecule has 1 aliphatic carbocycles. The van der Waals surface area contributed by atoms with Crippen LogP contribution in [0.25, 0.3) is 10.9 Å². The Kier molecular flexibility index (Phi) is 6.85. The lowest BCUT2D eigenvalue weighted by Gasteiger charge is -2.50. The molecule has 1 saturated heterocycles. The van der Waals surface area contributed by atoms with Crippen molar-refractivity contribution in [1.82, 2.24) is 9.88 Å². The molecule has 2 aromatic carbocycles. The summed E-state index contributed by atoms with van der Waals surface area (Å²) in [5, 5.41) is 10.3. The first-order valence-electron chi connectivity index (χ1n) is 12.4. The number of hydrogen-bond donors (Lipinski definition) is 1. The van der Waals surface area contributed by atoms with Gasteiger partial charge < -0.3 is 14.7 Å². The second kappa shape index (κ2) is 9.92. The molecule has 1 aromatic heterocycles. The van der Waals surface area contributed by atoms with Crippen molar-refractivity contribution in [2.24, 2.45) is 11.3 Å². The van der Waals surface area contributed by atoms with E-state index in [1.54, 1.807) is 24.3 Å². The van der Waals surface area contributed by atoms with Gasteiger partial charge in [0.2, 0.25) is 0 Å². The van der Waals surface area contributed by atoms with E-state index in [1.165, 1.54) is 12.8 Å². The molecule has 2 aliphatic rings. The number of aliphatic hydroxyl groups excluding tert-OH is 1. The zero-order chi connectivity index (χ0) is 25.3. The second-order valence-electron chi connectivity index (χ2n) is 10.4. The summed E-state index contributed by atoms with van der Waals surface area (Å²) in [6.07, 6.45) is 2.54. The number of pyridine rings is 1. The van der Waals surface area contributed by atoms with Crippen LogP contribution in [0.15, 0.2) is 59.5 Å². The molecule has 1 N–H and O–H groups in total. The number of rotatable bonds is 11. The summed E-state index contributed by atoms with van der Waals surface area (Å²) in [6, 6.07) is 16.4. The van der Waals surface area contributed by atoms with Gasteiger partial charge in [0.05, 0.1) is 16.2 Å². The van der Waals surface area contributed by atoms with Crippen LogP contribution in [-0.4, -0.2) is 61.2 Å². The van der Waals surface area contributed by atoms with Crippen LogP contribution in [0.5, 0.6) is 5.75 Å². The van der Waals surface area contributed by atoms with Crippen LogP contribution in [0.4, 0.5) is 0 Å². The first-order chi connectivity index (χ1) is 17.2. The summed E-state index contributed by atoms with van der Waals surface area (Å²) in [7, 11) is -3.61. The maximum Gasteiger partial charge on any atom is 0.179 e. The van der Waals surface area contributed by atoms with Crippen LogP contribution in [0, 0.1) is 18.3 Å². The van der Waals surface area contributed by atoms with Gasteiger partial charge in [-0.2, -0.15) is 0 Å². The summed E-state index contributed by atoms with van der Waals surface area (Å²) in [5.41, 5.74) is 2.21. The molecule has 0 atom stereocenters. The third-order valence-electron chi connectivity index (χ3n) is 7.08. The molecule has 0 unspecified atom stereocenters. The number of aliphatic hydroxyl groups is 1. The maximum atomic E-state index is 13.3. The molecule has 2 fully saturated rings. The topological polar surface area (TPSA) is 96.8 Å². The van der Waals surface area contributed by atoms with Crippen LogP contribution in [0.3, 0.4) is 0 Å². The number of nitrogens with zero attached hydrogens (tertiary/aromatic N) is 2. The van der Waals surface area contributed by atoms with Gasteiger partial charge in [0.25, 0.3) is 0 Å². The highest BCUT2D eigenvalue weighted by molar-refractivity contribution is 7.91. The Morgan fingerprint density at radius 2 is 1.86 bits per heavy atom. The smallest absolute Gasteiger partial charge is 0.179 e. The van der Waals surface area contributed by atoms with Crippen molar-refractivity contribution in [2.75, 3.05) is 32.0 Å². The van der Waals surface area contributed by atoms with Crippen molar-refractivity contribution < 1.29 is 23.1 Å². The number of sulfone groups is 1. The van der Waals surface area contributed by atoms with E-state index in [4.69, 9.17) is 4.74 Å². The van der Waals surface area contributed by atoms with Gasteiger partial charge in [-0.05, 0) is 62.1 Å². The lowest BCUT2D eigenvalue weighted by molar-refractivity contribution is -0.126. The second-order valence-corrected chi connectivity index (χ2v) is 12.4. The van der Waals surface area contributed by atoms with E-state index in [0.717, 1.165) is 28.7 Å². The minimum absolute atomic E-state index is 0.0877. The van der Waals surface area contributed by atoms with Crippen molar-refractivity contribution in [3.8, 4) is 5.75 Å². The summed E-state index contributed by atoms with van der Waals surface area (Å²) >= 11 is 0. The van der Waals surface area contributed by atoms with Crippen molar-refractivity contribution in [1.29, 1.82) is 0 Å². The summed E-state index contributed by atoms with van der Waals surface area (Å²) in [6.45, 7) is 3.86. The number of hydrogen-bond acceptors (Lipinski definition) is 7. The molecule has 1 saturated carbocycles. The van der Waals surface area contributed by atoms with Gasteiger partial charge in [0.1, 0.15) is 19.0 Å². The van der Waals surface area contributed by atoms with E-state index in [2.05, 4.69) is 9.88 Å². The van der Waals surface area contributed by atoms with Gasteiger partial charge in [-0.3, -0.25) is 9.78 Å². The van der Waals surface area contributed by atoms with E-state index in [1.807, 2.05) is 37.3 Å². The molecule has 190 valence electrons. The number of benzene rings is 2. The Labute approximate surface area is 212 Å². The molecule has 2 heterocycles. The molecular weight excluding hydrogens is 476 g/mol. The fourth-order valence-electron chi connectivity index (χ4n) is 5.33. The predicted octanol–water partition coefficient (Wildman–Crippen LogP) is 3.56. The van der Waals surface area contributed by atoms with Crippen LogP contribution < -0.4 is 4.74 Å². The molecule has 3 aromatic rings. The number of ketones is 1. The highest BCUT2D eigenvalue weighted by atomic mass is 32.2. The zero-order valence-corrected chi connectivity index (χ0v) is 21.3. The highest BCUT2D eigenvalue weighted by Crippen LogP contribution is 2.40. The molecule has 0 bridgehead atoms. The number of Topliss-reactive ketones (excluding diaryl/α,β-unsaturated/α-hetero) is 1. The van der Waals surface area contributed by atoms with Crippen LogP contribution >= 0.6 is 0 Å². The normalized spacial score (nSPS) is 17.6. The number of likely N-dealkylation sites (tertiary alicyclic amines) is 1. The lowest BCUT2D eigenvalue weighted by atomic mass is 9.77. The Morgan fingerprint density at radius 3 is 2.56 bits per heavy atom. The molecule has 8 heteroatoms. The fraction of sp³-hybridized carbons (Fsp3) is 0.429. The average Bonchev–Trinajstić information content (AvgIpc) is 3.65. The number of aromatic nitrogens is 1. The number of ether oxygens (including phenoxy) is 1. The number of para-hydroxylation sites is 1. The molecular formula is C28H32N2O5S. The van der Waals surface area contributed by atoms with Crippen molar-refractivity contribution in [2.45, 2.75) is 37.7 Å². The van der Waals surface area contributed by atoms with Crippen molar-refractivity contribution in [3.63, 3.8) is 0 Å². The third-order valence-corrected chi connectivity index (χ3v) is 9.07. The molecule has 0 amide bonds. The van der Waals surface area contributed by atoms with Crippen molar-refractivity contribution >= 4 is 26.5 Å².